The van der Waals surface area contributed by atoms with Gasteiger partial charge in [-0.3, -0.25) is 14.6 Å². The van der Waals surface area contributed by atoms with Crippen molar-refractivity contribution >= 4 is 34.8 Å². The minimum atomic E-state index is -1.20. The molecule has 0 bridgehead atoms. The van der Waals surface area contributed by atoms with Crippen LogP contribution in [0.25, 0.3) is 17.1 Å². The van der Waals surface area contributed by atoms with E-state index in [2.05, 4.69) is 15.1 Å². The number of fused-ring (bicyclic) bond motifs is 1. The molecule has 0 aromatic carbocycles. The zero-order valence-corrected chi connectivity index (χ0v) is 15.0. The molecule has 0 radical (unpaired) electrons. The van der Waals surface area contributed by atoms with Crippen LogP contribution in [0.3, 0.4) is 0 Å². The Morgan fingerprint density at radius 2 is 2.23 bits per heavy atom. The number of hydrogen-bond donors (Lipinski definition) is 1. The highest BCUT2D eigenvalue weighted by Crippen LogP contribution is 2.27. The molecule has 1 unspecified atom stereocenters. The van der Waals surface area contributed by atoms with E-state index in [9.17, 15) is 9.59 Å². The SMILES string of the molecule is CC(C)OC(=O)C1C(=O)/C(=C/c2c[nH]c3ncccc23)O/C1=N/N(C)C. The van der Waals surface area contributed by atoms with Gasteiger partial charge in [-0.15, -0.1) is 5.10 Å². The van der Waals surface area contributed by atoms with E-state index in [0.29, 0.717) is 5.65 Å². The molecular weight excluding hydrogens is 336 g/mol. The molecule has 1 atom stereocenters. The van der Waals surface area contributed by atoms with Crippen LogP contribution < -0.4 is 0 Å². The molecule has 0 spiro atoms. The molecule has 136 valence electrons. The van der Waals surface area contributed by atoms with Crippen LogP contribution in [-0.4, -0.2) is 52.8 Å². The van der Waals surface area contributed by atoms with Gasteiger partial charge in [0, 0.05) is 37.4 Å². The second-order valence-electron chi connectivity index (χ2n) is 6.32. The molecule has 8 heteroatoms. The van der Waals surface area contributed by atoms with Crippen LogP contribution in [0.15, 0.2) is 35.4 Å². The maximum Gasteiger partial charge on any atom is 0.326 e. The summed E-state index contributed by atoms with van der Waals surface area (Å²) in [4.78, 5) is 32.4. The number of nitrogens with one attached hydrogen (secondary N) is 1. The number of ketones is 1. The molecule has 1 fully saturated rings. The summed E-state index contributed by atoms with van der Waals surface area (Å²) in [5.74, 6) is -2.30. The van der Waals surface area contributed by atoms with Crippen molar-refractivity contribution in [3.05, 3.63) is 35.8 Å². The van der Waals surface area contributed by atoms with Gasteiger partial charge in [0.2, 0.25) is 17.6 Å². The number of hydrazone groups is 1. The van der Waals surface area contributed by atoms with Gasteiger partial charge in [-0.1, -0.05) is 0 Å². The highest BCUT2D eigenvalue weighted by molar-refractivity contribution is 6.27. The maximum atomic E-state index is 12.8. The molecule has 0 saturated carbocycles. The lowest BCUT2D eigenvalue weighted by molar-refractivity contribution is -0.151. The van der Waals surface area contributed by atoms with Crippen molar-refractivity contribution in [3.8, 4) is 0 Å². The molecule has 3 rings (SSSR count). The molecule has 1 N–H and O–H groups in total. The fourth-order valence-corrected chi connectivity index (χ4v) is 2.60. The standard InChI is InChI=1S/C18H20N4O4/c1-10(2)25-18(24)14-15(23)13(26-17(14)21-22(3)4)8-11-9-20-16-12(11)6-5-7-19-16/h5-10,14H,1-4H3,(H,19,20)/b13-8-,21-17+. The van der Waals surface area contributed by atoms with Crippen LogP contribution in [0.2, 0.25) is 0 Å². The average Bonchev–Trinajstić information content (AvgIpc) is 3.09. The van der Waals surface area contributed by atoms with Crippen molar-refractivity contribution in [2.24, 2.45) is 11.0 Å². The van der Waals surface area contributed by atoms with Crippen LogP contribution in [0.4, 0.5) is 0 Å². The lowest BCUT2D eigenvalue weighted by atomic mass is 10.0. The fraction of sp³-hybridized carbons (Fsp3) is 0.333. The molecule has 2 aromatic heterocycles. The summed E-state index contributed by atoms with van der Waals surface area (Å²) in [7, 11) is 3.36. The Morgan fingerprint density at radius 1 is 1.46 bits per heavy atom. The molecule has 3 heterocycles. The van der Waals surface area contributed by atoms with Gasteiger partial charge in [-0.05, 0) is 32.1 Å². The Balaban J connectivity index is 1.98. The average molecular weight is 356 g/mol. The first-order chi connectivity index (χ1) is 12.4. The van der Waals surface area contributed by atoms with Gasteiger partial charge in [0.05, 0.1) is 6.10 Å². The lowest BCUT2D eigenvalue weighted by Crippen LogP contribution is -2.30. The molecule has 0 amide bonds. The Hall–Kier alpha value is -3.16. The monoisotopic (exact) mass is 356 g/mol. The highest BCUT2D eigenvalue weighted by Gasteiger charge is 2.45. The number of H-pyrrole nitrogens is 1. The van der Waals surface area contributed by atoms with Gasteiger partial charge in [-0.2, -0.15) is 0 Å². The van der Waals surface area contributed by atoms with Crippen molar-refractivity contribution in [1.29, 1.82) is 0 Å². The Morgan fingerprint density at radius 3 is 2.92 bits per heavy atom. The Kier molecular flexibility index (Phi) is 4.75. The predicted molar refractivity (Wildman–Crippen MR) is 96.0 cm³/mol. The number of carbonyl (C=O) groups excluding carboxylic acids is 2. The molecule has 1 aliphatic heterocycles. The van der Waals surface area contributed by atoms with Crippen LogP contribution in [0.5, 0.6) is 0 Å². The molecule has 26 heavy (non-hydrogen) atoms. The molecule has 2 aromatic rings. The minimum absolute atomic E-state index is 0.00914. The zero-order valence-electron chi connectivity index (χ0n) is 15.0. The third kappa shape index (κ3) is 3.44. The van der Waals surface area contributed by atoms with E-state index in [1.165, 1.54) is 5.01 Å². The van der Waals surface area contributed by atoms with Crippen molar-refractivity contribution in [2.75, 3.05) is 14.1 Å². The zero-order chi connectivity index (χ0) is 18.8. The summed E-state index contributed by atoms with van der Waals surface area (Å²) >= 11 is 0. The van der Waals surface area contributed by atoms with Crippen LogP contribution in [0, 0.1) is 5.92 Å². The number of aromatic nitrogens is 2. The molecule has 1 aliphatic rings. The number of carbonyl (C=O) groups is 2. The van der Waals surface area contributed by atoms with Gasteiger partial charge < -0.3 is 14.5 Å². The van der Waals surface area contributed by atoms with Crippen LogP contribution in [-0.2, 0) is 19.1 Å². The lowest BCUT2D eigenvalue weighted by Gasteiger charge is -2.12. The third-order valence-electron chi connectivity index (χ3n) is 3.62. The van der Waals surface area contributed by atoms with E-state index in [4.69, 9.17) is 9.47 Å². The van der Waals surface area contributed by atoms with Crippen molar-refractivity contribution in [3.63, 3.8) is 0 Å². The van der Waals surface area contributed by atoms with Gasteiger partial charge in [0.15, 0.2) is 5.76 Å². The van der Waals surface area contributed by atoms with Crippen molar-refractivity contribution in [1.82, 2.24) is 15.0 Å². The first-order valence-electron chi connectivity index (χ1n) is 8.19. The third-order valence-corrected chi connectivity index (χ3v) is 3.62. The number of ether oxygens (including phenoxy) is 2. The summed E-state index contributed by atoms with van der Waals surface area (Å²) < 4.78 is 10.8. The van der Waals surface area contributed by atoms with E-state index in [1.807, 2.05) is 6.07 Å². The fourth-order valence-electron chi connectivity index (χ4n) is 2.60. The van der Waals surface area contributed by atoms with Gasteiger partial charge in [-0.25, -0.2) is 4.98 Å². The predicted octanol–water partition coefficient (Wildman–Crippen LogP) is 1.95. The maximum absolute atomic E-state index is 12.8. The Bertz CT molecular complexity index is 911. The number of esters is 1. The largest absolute Gasteiger partial charge is 0.462 e. The quantitative estimate of drug-likeness (QED) is 0.389. The number of aromatic amines is 1. The highest BCUT2D eigenvalue weighted by atomic mass is 16.6. The summed E-state index contributed by atoms with van der Waals surface area (Å²) in [5.41, 5.74) is 1.43. The van der Waals surface area contributed by atoms with E-state index >= 15 is 0 Å². The van der Waals surface area contributed by atoms with E-state index in [1.54, 1.807) is 52.5 Å². The van der Waals surface area contributed by atoms with Gasteiger partial charge >= 0.3 is 5.97 Å². The topological polar surface area (TPSA) is 96.9 Å². The summed E-state index contributed by atoms with van der Waals surface area (Å²) in [6, 6.07) is 3.68. The first kappa shape index (κ1) is 17.7. The van der Waals surface area contributed by atoms with Gasteiger partial charge in [0.25, 0.3) is 0 Å². The van der Waals surface area contributed by atoms with Crippen molar-refractivity contribution < 1.29 is 19.1 Å². The summed E-state index contributed by atoms with van der Waals surface area (Å²) in [5, 5.41) is 6.44. The van der Waals surface area contributed by atoms with E-state index in [-0.39, 0.29) is 17.8 Å². The van der Waals surface area contributed by atoms with Crippen LogP contribution in [0.1, 0.15) is 19.4 Å². The van der Waals surface area contributed by atoms with Crippen LogP contribution >= 0.6 is 0 Å². The minimum Gasteiger partial charge on any atom is -0.462 e. The first-order valence-corrected chi connectivity index (χ1v) is 8.19. The number of hydrogen-bond acceptors (Lipinski definition) is 7. The normalized spacial score (nSPS) is 20.2. The molecule has 0 aliphatic carbocycles. The number of nitrogens with zero attached hydrogens (tertiary/aromatic N) is 3. The number of Topliss-reactive ketones (excluding diaryl/α,β-unsaturated/α-hetero) is 1. The number of pyridine rings is 1. The second kappa shape index (κ2) is 6.99. The Labute approximate surface area is 150 Å². The summed E-state index contributed by atoms with van der Waals surface area (Å²) in [6.07, 6.45) is 4.64. The molecule has 1 saturated heterocycles. The number of allylic oxidation sites excluding steroid dienone is 1. The van der Waals surface area contributed by atoms with E-state index < -0.39 is 17.7 Å². The van der Waals surface area contributed by atoms with E-state index in [0.717, 1.165) is 10.9 Å². The smallest absolute Gasteiger partial charge is 0.326 e. The summed E-state index contributed by atoms with van der Waals surface area (Å²) in [6.45, 7) is 3.44. The second-order valence-corrected chi connectivity index (χ2v) is 6.32. The number of rotatable bonds is 4. The van der Waals surface area contributed by atoms with Crippen molar-refractivity contribution in [2.45, 2.75) is 20.0 Å². The molecule has 8 nitrogen and oxygen atoms in total. The molecular formula is C18H20N4O4. The van der Waals surface area contributed by atoms with Gasteiger partial charge in [0.1, 0.15) is 5.65 Å².